The van der Waals surface area contributed by atoms with Crippen LogP contribution in [0, 0.1) is 35.0 Å². The first kappa shape index (κ1) is 28.0. The molecule has 0 spiro atoms. The van der Waals surface area contributed by atoms with Gasteiger partial charge in [0, 0.05) is 69.4 Å². The summed E-state index contributed by atoms with van der Waals surface area (Å²) in [7, 11) is 4.39. The molecule has 0 aromatic heterocycles. The quantitative estimate of drug-likeness (QED) is 0.320. The van der Waals surface area contributed by atoms with Crippen LogP contribution in [0.1, 0.15) is 26.2 Å². The zero-order chi connectivity index (χ0) is 25.5. The Morgan fingerprint density at radius 2 is 1.56 bits per heavy atom. The van der Waals surface area contributed by atoms with Gasteiger partial charge in [-0.1, -0.05) is 43.4 Å². The standard InChI is InChI=1S/C10H18N2O.C10H18N2.C9H16N2/c13-5-4-12-10-3-1-2-8-6-11-7-9(8)10;1-12(2)10-5-3-4-8-6-11-7-9(8)10;1-9-6-11-5-7(9)3-2-4-8(9)10/h1-2,8-13H,3-7H2;3-4,8-11H,5-7H2,1-2H3;2-3,7-8,11H,4-6,10H2,1H3. The lowest BCUT2D eigenvalue weighted by Gasteiger charge is -2.37. The minimum atomic E-state index is 0.241. The third kappa shape index (κ3) is 6.49. The van der Waals surface area contributed by atoms with Crippen LogP contribution >= 0.6 is 0 Å². The average molecular weight is 501 g/mol. The molecule has 9 atom stereocenters. The summed E-state index contributed by atoms with van der Waals surface area (Å²) in [5, 5.41) is 22.4. The third-order valence-electron chi connectivity index (χ3n) is 9.67. The zero-order valence-electron chi connectivity index (χ0n) is 22.8. The Morgan fingerprint density at radius 1 is 0.889 bits per heavy atom. The number of hydrogen-bond donors (Lipinski definition) is 6. The van der Waals surface area contributed by atoms with Gasteiger partial charge in [-0.3, -0.25) is 0 Å². The lowest BCUT2D eigenvalue weighted by Crippen LogP contribution is -2.46. The molecule has 3 saturated heterocycles. The van der Waals surface area contributed by atoms with Crippen LogP contribution in [0.4, 0.5) is 0 Å². The fourth-order valence-electron chi connectivity index (χ4n) is 7.16. The highest BCUT2D eigenvalue weighted by Gasteiger charge is 2.43. The van der Waals surface area contributed by atoms with E-state index in [1.165, 1.54) is 19.5 Å². The van der Waals surface area contributed by atoms with Crippen LogP contribution in [0.2, 0.25) is 0 Å². The van der Waals surface area contributed by atoms with E-state index in [0.717, 1.165) is 69.4 Å². The summed E-state index contributed by atoms with van der Waals surface area (Å²) in [5.41, 5.74) is 6.39. The van der Waals surface area contributed by atoms with Crippen molar-refractivity contribution in [2.45, 2.75) is 44.3 Å². The van der Waals surface area contributed by atoms with Gasteiger partial charge in [-0.2, -0.15) is 0 Å². The molecular weight excluding hydrogens is 448 g/mol. The van der Waals surface area contributed by atoms with Gasteiger partial charge in [-0.25, -0.2) is 0 Å². The molecule has 6 rings (SSSR count). The van der Waals surface area contributed by atoms with E-state index in [-0.39, 0.29) is 6.61 Å². The van der Waals surface area contributed by atoms with Gasteiger partial charge < -0.3 is 37.0 Å². The average Bonchev–Trinajstić information content (AvgIpc) is 3.63. The number of rotatable bonds is 4. The van der Waals surface area contributed by atoms with E-state index >= 15 is 0 Å². The van der Waals surface area contributed by atoms with Gasteiger partial charge in [0.05, 0.1) is 6.61 Å². The molecule has 0 bridgehead atoms. The molecule has 7 heteroatoms. The maximum atomic E-state index is 8.74. The Hall–Kier alpha value is -1.06. The second kappa shape index (κ2) is 13.1. The number of hydrogen-bond acceptors (Lipinski definition) is 7. The Balaban J connectivity index is 0.000000127. The third-order valence-corrected chi connectivity index (χ3v) is 9.67. The molecule has 6 aliphatic rings. The van der Waals surface area contributed by atoms with Crippen LogP contribution in [-0.4, -0.2) is 94.6 Å². The fraction of sp³-hybridized carbons (Fsp3) is 0.793. The molecule has 9 unspecified atom stereocenters. The van der Waals surface area contributed by atoms with E-state index in [4.69, 9.17) is 10.8 Å². The molecule has 3 aliphatic heterocycles. The van der Waals surface area contributed by atoms with Crippen LogP contribution in [0.25, 0.3) is 0 Å². The molecule has 36 heavy (non-hydrogen) atoms. The summed E-state index contributed by atoms with van der Waals surface area (Å²) in [6.07, 6.45) is 17.3. The topological polar surface area (TPSA) is 97.6 Å². The first-order valence-electron chi connectivity index (χ1n) is 14.3. The minimum Gasteiger partial charge on any atom is -0.395 e. The second-order valence-corrected chi connectivity index (χ2v) is 12.1. The van der Waals surface area contributed by atoms with Crippen LogP contribution < -0.4 is 27.0 Å². The minimum absolute atomic E-state index is 0.241. The number of aliphatic hydroxyl groups is 1. The molecule has 0 aromatic carbocycles. The molecule has 3 heterocycles. The molecule has 7 N–H and O–H groups in total. The van der Waals surface area contributed by atoms with Crippen molar-refractivity contribution in [3.8, 4) is 0 Å². The van der Waals surface area contributed by atoms with E-state index in [1.54, 1.807) is 0 Å². The van der Waals surface area contributed by atoms with E-state index in [2.05, 4.69) is 83.6 Å². The Kier molecular flexibility index (Phi) is 10.2. The SMILES string of the molecule is CC12CNCC1C=CCC2N.CN(C)C1CC=CC2CNCC21.OCCNC1CC=CC2CNCC21. The Labute approximate surface area is 219 Å². The Bertz CT molecular complexity index is 769. The first-order valence-corrected chi connectivity index (χ1v) is 14.3. The zero-order valence-corrected chi connectivity index (χ0v) is 22.8. The summed E-state index contributed by atoms with van der Waals surface area (Å²) in [6, 6.07) is 1.68. The van der Waals surface area contributed by atoms with E-state index in [1.807, 2.05) is 0 Å². The van der Waals surface area contributed by atoms with Crippen molar-refractivity contribution in [2.24, 2.45) is 40.7 Å². The monoisotopic (exact) mass is 500 g/mol. The smallest absolute Gasteiger partial charge is 0.0556 e. The van der Waals surface area contributed by atoms with E-state index in [0.29, 0.717) is 29.3 Å². The van der Waals surface area contributed by atoms with Crippen LogP contribution in [0.3, 0.4) is 0 Å². The number of nitrogens with one attached hydrogen (secondary N) is 4. The summed E-state index contributed by atoms with van der Waals surface area (Å²) in [4.78, 5) is 2.37. The molecule has 7 nitrogen and oxygen atoms in total. The van der Waals surface area contributed by atoms with Gasteiger partial charge in [0.2, 0.25) is 0 Å². The van der Waals surface area contributed by atoms with Gasteiger partial charge in [-0.05, 0) is 62.9 Å². The molecule has 0 radical (unpaired) electrons. The summed E-state index contributed by atoms with van der Waals surface area (Å²) >= 11 is 0. The summed E-state index contributed by atoms with van der Waals surface area (Å²) < 4.78 is 0. The number of aliphatic hydroxyl groups excluding tert-OH is 1. The maximum absolute atomic E-state index is 8.74. The predicted molar refractivity (Wildman–Crippen MR) is 150 cm³/mol. The molecule has 0 aromatic rings. The molecular formula is C29H52N6O. The number of fused-ring (bicyclic) bond motifs is 3. The van der Waals surface area contributed by atoms with Crippen LogP contribution in [0.5, 0.6) is 0 Å². The van der Waals surface area contributed by atoms with E-state index in [9.17, 15) is 0 Å². The van der Waals surface area contributed by atoms with Gasteiger partial charge in [0.25, 0.3) is 0 Å². The lowest BCUT2D eigenvalue weighted by molar-refractivity contribution is 0.193. The van der Waals surface area contributed by atoms with Crippen molar-refractivity contribution < 1.29 is 5.11 Å². The van der Waals surface area contributed by atoms with Crippen molar-refractivity contribution in [3.05, 3.63) is 36.5 Å². The molecule has 0 amide bonds. The number of nitrogens with two attached hydrogens (primary N) is 1. The molecule has 204 valence electrons. The van der Waals surface area contributed by atoms with Gasteiger partial charge >= 0.3 is 0 Å². The second-order valence-electron chi connectivity index (χ2n) is 12.1. The fourth-order valence-corrected chi connectivity index (χ4v) is 7.16. The first-order chi connectivity index (χ1) is 17.4. The van der Waals surface area contributed by atoms with E-state index < -0.39 is 0 Å². The maximum Gasteiger partial charge on any atom is 0.0556 e. The van der Waals surface area contributed by atoms with Crippen molar-refractivity contribution in [3.63, 3.8) is 0 Å². The van der Waals surface area contributed by atoms with Crippen LogP contribution in [0.15, 0.2) is 36.5 Å². The predicted octanol–water partition coefficient (Wildman–Crippen LogP) is 0.944. The van der Waals surface area contributed by atoms with Gasteiger partial charge in [0.1, 0.15) is 0 Å². The molecule has 3 fully saturated rings. The normalized spacial score (nSPS) is 42.2. The summed E-state index contributed by atoms with van der Waals surface area (Å²) in [5.74, 6) is 3.77. The highest BCUT2D eigenvalue weighted by Crippen LogP contribution is 2.38. The lowest BCUT2D eigenvalue weighted by atomic mass is 9.70. The van der Waals surface area contributed by atoms with Crippen molar-refractivity contribution in [2.75, 3.05) is 66.5 Å². The van der Waals surface area contributed by atoms with Gasteiger partial charge in [0.15, 0.2) is 0 Å². The largest absolute Gasteiger partial charge is 0.395 e. The highest BCUT2D eigenvalue weighted by atomic mass is 16.3. The van der Waals surface area contributed by atoms with Crippen LogP contribution in [-0.2, 0) is 0 Å². The van der Waals surface area contributed by atoms with Gasteiger partial charge in [-0.15, -0.1) is 0 Å². The van der Waals surface area contributed by atoms with Crippen molar-refractivity contribution in [1.29, 1.82) is 0 Å². The highest BCUT2D eigenvalue weighted by molar-refractivity contribution is 5.13. The van der Waals surface area contributed by atoms with Crippen molar-refractivity contribution >= 4 is 0 Å². The summed E-state index contributed by atoms with van der Waals surface area (Å²) in [6.45, 7) is 10.1. The molecule has 0 saturated carbocycles. The number of nitrogens with zero attached hydrogens (tertiary/aromatic N) is 1. The Morgan fingerprint density at radius 3 is 2.25 bits per heavy atom. The van der Waals surface area contributed by atoms with Crippen molar-refractivity contribution in [1.82, 2.24) is 26.2 Å². The molecule has 3 aliphatic carbocycles.